The third-order valence-corrected chi connectivity index (χ3v) is 13.1. The molecule has 0 saturated heterocycles. The molecule has 0 fully saturated rings. The van der Waals surface area contributed by atoms with Crippen LogP contribution in [-0.4, -0.2) is 192 Å². The van der Waals surface area contributed by atoms with E-state index in [0.29, 0.717) is 51.4 Å². The van der Waals surface area contributed by atoms with Crippen molar-refractivity contribution in [2.45, 2.75) is 157 Å². The van der Waals surface area contributed by atoms with Gasteiger partial charge in [0.2, 0.25) is 0 Å². The van der Waals surface area contributed by atoms with Gasteiger partial charge in [-0.3, -0.25) is 38.4 Å². The highest BCUT2D eigenvalue weighted by molar-refractivity contribution is 6.02. The van der Waals surface area contributed by atoms with Crippen LogP contribution in [0.1, 0.15) is 197 Å². The van der Waals surface area contributed by atoms with Crippen LogP contribution in [0.15, 0.2) is 67.3 Å². The van der Waals surface area contributed by atoms with Gasteiger partial charge in [-0.15, -0.1) is 0 Å². The third kappa shape index (κ3) is 39.4. The molecule has 0 aliphatic rings. The Labute approximate surface area is 597 Å². The van der Waals surface area contributed by atoms with Crippen LogP contribution in [0.2, 0.25) is 0 Å². The normalized spacial score (nSPS) is 11.2. The number of amides is 12. The smallest absolute Gasteiger partial charge is 0.407 e. The van der Waals surface area contributed by atoms with Crippen LogP contribution >= 0.6 is 0 Å². The zero-order valence-corrected chi connectivity index (χ0v) is 61.0. The fourth-order valence-electron chi connectivity index (χ4n) is 8.54. The molecular weight excluding hydrogens is 1320 g/mol. The summed E-state index contributed by atoms with van der Waals surface area (Å²) in [6.45, 7) is 26.1. The minimum atomic E-state index is -0.678. The van der Waals surface area contributed by atoms with Gasteiger partial charge >= 0.3 is 24.4 Å². The van der Waals surface area contributed by atoms with Gasteiger partial charge in [-0.2, -0.15) is 0 Å². The molecule has 3 aromatic carbocycles. The first-order chi connectivity index (χ1) is 48.0. The molecule has 0 unspecified atom stereocenters. The van der Waals surface area contributed by atoms with E-state index in [0.717, 1.165) is 0 Å². The van der Waals surface area contributed by atoms with Crippen LogP contribution < -0.4 is 78.0 Å². The summed E-state index contributed by atoms with van der Waals surface area (Å²) in [7, 11) is 0. The Morgan fingerprint density at radius 2 is 0.480 bits per heavy atom. The van der Waals surface area contributed by atoms with Gasteiger partial charge in [-0.05, 0) is 189 Å². The first kappa shape index (κ1) is 85.9. The molecule has 0 saturated carbocycles. The summed E-state index contributed by atoms with van der Waals surface area (Å²) in [5.41, 5.74) is -2.14. The molecule has 12 amide bonds. The van der Waals surface area contributed by atoms with Gasteiger partial charge < -0.3 is 97.0 Å². The van der Waals surface area contributed by atoms with Crippen molar-refractivity contribution in [1.29, 1.82) is 0 Å². The predicted octanol–water partition coefficient (Wildman–Crippen LogP) is 6.24. The number of hydrogen-bond donors (Lipinski definition) is 12. The molecule has 31 nitrogen and oxygen atoms in total. The Hall–Kier alpha value is -10.4. The molecule has 12 N–H and O–H groups in total. The number of ether oxygens (including phenoxy) is 7. The number of nitrogens with one attached hydrogen (secondary N) is 12. The maximum atomic E-state index is 13.4. The Bertz CT molecular complexity index is 2970. The summed E-state index contributed by atoms with van der Waals surface area (Å²) < 4.78 is 38.2. The second kappa shape index (κ2) is 44.0. The lowest BCUT2D eigenvalue weighted by molar-refractivity contribution is -0.123. The Kier molecular flexibility index (Phi) is 37.0. The average Bonchev–Trinajstić information content (AvgIpc) is 0.849. The Morgan fingerprint density at radius 3 is 0.696 bits per heavy atom. The lowest BCUT2D eigenvalue weighted by atomic mass is 10.1. The molecule has 3 aromatic rings. The van der Waals surface area contributed by atoms with Crippen molar-refractivity contribution in [2.75, 3.05) is 98.4 Å². The first-order valence-corrected chi connectivity index (χ1v) is 34.0. The quantitative estimate of drug-likeness (QED) is 0.0170. The van der Waals surface area contributed by atoms with Crippen LogP contribution in [0.25, 0.3) is 0 Å². The average molecular weight is 1430 g/mol. The van der Waals surface area contributed by atoms with Crippen LogP contribution in [0, 0.1) is 0 Å². The van der Waals surface area contributed by atoms with Crippen LogP contribution in [0.4, 0.5) is 19.2 Å². The summed E-state index contributed by atoms with van der Waals surface area (Å²) in [6.07, 6.45) is 2.37. The molecule has 31 heteroatoms. The Morgan fingerprint density at radius 1 is 0.284 bits per heavy atom. The standard InChI is InChI=1S/C71H106N12O19/c1-14-35-96-53-39-47(58(86)74-25-17-15-23-72-56(84)45-97-54-41-49(60(88)76-27-19-31-80-64(92)99-68(2,3)4)37-50(42-54)61(89)77-28-20-32-81-65(93)100-69(5,6)7)36-48(40-53)59(87)75-26-18-16-24-73-57(85)46-98-55-43-51(62(90)78-29-21-33-82-66(94)101-70(8,9)10)38-52(44-55)63(91)79-30-22-34-83-67(95)102-71(11,12)13/h14,36-44H,1,15-35,45-46H2,2-13H3,(H,72,84)(H,73,85)(H,74,86)(H,75,87)(H,76,88)(H,77,89)(H,78,90)(H,79,91)(H,80,92)(H,81,93)(H,82,94)(H,83,95). The second-order valence-corrected chi connectivity index (χ2v) is 27.2. The number of rotatable bonds is 41. The SMILES string of the molecule is C=CCOc1cc(C(=O)NCCCCNC(=O)COc2cc(C(=O)NCCCNC(=O)OC(C)(C)C)cc(C(=O)NCCCNC(=O)OC(C)(C)C)c2)cc(C(=O)NCCCCNC(=O)COc2cc(C(=O)NCCCNC(=O)OC(C)(C)C)cc(C(=O)NCCCNC(=O)OC(C)(C)C)c2)c1. The van der Waals surface area contributed by atoms with E-state index in [4.69, 9.17) is 33.2 Å². The number of carbonyl (C=O) groups excluding carboxylic acids is 12. The van der Waals surface area contributed by atoms with Crippen LogP contribution in [0.5, 0.6) is 17.2 Å². The minimum absolute atomic E-state index is 0.0586. The maximum absolute atomic E-state index is 13.4. The van der Waals surface area contributed by atoms with Crippen molar-refractivity contribution >= 4 is 71.6 Å². The van der Waals surface area contributed by atoms with Crippen molar-refractivity contribution in [3.05, 3.63) is 101 Å². The van der Waals surface area contributed by atoms with Crippen molar-refractivity contribution < 1.29 is 90.7 Å². The first-order valence-electron chi connectivity index (χ1n) is 34.0. The highest BCUT2D eigenvalue weighted by atomic mass is 16.6. The number of alkyl carbamates (subject to hydrolysis) is 4. The van der Waals surface area contributed by atoms with E-state index in [-0.39, 0.29) is 136 Å². The molecule has 0 radical (unpaired) electrons. The molecule has 0 heterocycles. The summed E-state index contributed by atoms with van der Waals surface area (Å²) in [6, 6.07) is 12.7. The van der Waals surface area contributed by atoms with Gasteiger partial charge in [0.1, 0.15) is 46.3 Å². The van der Waals surface area contributed by atoms with E-state index in [1.54, 1.807) is 83.1 Å². The monoisotopic (exact) mass is 1430 g/mol. The molecule has 0 aliphatic carbocycles. The van der Waals surface area contributed by atoms with Gasteiger partial charge in [-0.1, -0.05) is 12.7 Å². The summed E-state index contributed by atoms with van der Waals surface area (Å²) >= 11 is 0. The van der Waals surface area contributed by atoms with Gasteiger partial charge in [0, 0.05) is 112 Å². The fourth-order valence-corrected chi connectivity index (χ4v) is 8.54. The highest BCUT2D eigenvalue weighted by Gasteiger charge is 2.22. The van der Waals surface area contributed by atoms with Gasteiger partial charge in [0.05, 0.1) is 0 Å². The summed E-state index contributed by atoms with van der Waals surface area (Å²) in [5, 5.41) is 32.6. The van der Waals surface area contributed by atoms with E-state index >= 15 is 0 Å². The molecule has 0 bridgehead atoms. The van der Waals surface area contributed by atoms with Gasteiger partial charge in [-0.25, -0.2) is 19.2 Å². The predicted molar refractivity (Wildman–Crippen MR) is 380 cm³/mol. The van der Waals surface area contributed by atoms with Crippen molar-refractivity contribution in [3.8, 4) is 17.2 Å². The summed E-state index contributed by atoms with van der Waals surface area (Å²) in [5.74, 6) is -3.78. The van der Waals surface area contributed by atoms with Crippen molar-refractivity contribution in [1.82, 2.24) is 63.8 Å². The maximum Gasteiger partial charge on any atom is 0.407 e. The fraction of sp³-hybridized carbons (Fsp3) is 0.549. The Balaban J connectivity index is 1.50. The number of unbranched alkanes of at least 4 members (excludes halogenated alkanes) is 2. The molecule has 3 rings (SSSR count). The van der Waals surface area contributed by atoms with E-state index in [1.807, 2.05) is 0 Å². The largest absolute Gasteiger partial charge is 0.490 e. The van der Waals surface area contributed by atoms with E-state index < -0.39 is 107 Å². The molecule has 564 valence electrons. The molecule has 0 aromatic heterocycles. The molecule has 0 spiro atoms. The lowest BCUT2D eigenvalue weighted by Gasteiger charge is -2.19. The van der Waals surface area contributed by atoms with Crippen molar-refractivity contribution in [3.63, 3.8) is 0 Å². The molecule has 0 aliphatic heterocycles. The number of carbonyl (C=O) groups is 12. The van der Waals surface area contributed by atoms with Gasteiger partial charge in [0.15, 0.2) is 13.2 Å². The summed E-state index contributed by atoms with van der Waals surface area (Å²) in [4.78, 5) is 154. The van der Waals surface area contributed by atoms with Crippen LogP contribution in [-0.2, 0) is 28.5 Å². The topological polar surface area (TPSA) is 414 Å². The van der Waals surface area contributed by atoms with E-state index in [9.17, 15) is 57.5 Å². The molecular formula is C71H106N12O19. The highest BCUT2D eigenvalue weighted by Crippen LogP contribution is 2.22. The third-order valence-electron chi connectivity index (χ3n) is 13.1. The van der Waals surface area contributed by atoms with Crippen molar-refractivity contribution in [2.24, 2.45) is 0 Å². The number of hydrogen-bond acceptors (Lipinski definition) is 19. The molecule has 102 heavy (non-hydrogen) atoms. The second-order valence-electron chi connectivity index (χ2n) is 27.2. The van der Waals surface area contributed by atoms with Gasteiger partial charge in [0.25, 0.3) is 47.3 Å². The van der Waals surface area contributed by atoms with Crippen LogP contribution in [0.3, 0.4) is 0 Å². The number of benzene rings is 3. The molecule has 0 atom stereocenters. The zero-order valence-electron chi connectivity index (χ0n) is 61.0. The minimum Gasteiger partial charge on any atom is -0.490 e. The van der Waals surface area contributed by atoms with E-state index in [1.165, 1.54) is 60.7 Å². The van der Waals surface area contributed by atoms with E-state index in [2.05, 4.69) is 70.4 Å². The zero-order chi connectivity index (χ0) is 75.9. The lowest BCUT2D eigenvalue weighted by Crippen LogP contribution is -2.35.